The largest absolute Gasteiger partial charge is 0.370 e. The van der Waals surface area contributed by atoms with Crippen molar-refractivity contribution in [3.63, 3.8) is 0 Å². The lowest BCUT2D eigenvalue weighted by atomic mass is 9.67. The summed E-state index contributed by atoms with van der Waals surface area (Å²) in [6.07, 6.45) is 14.2. The van der Waals surface area contributed by atoms with Crippen LogP contribution in [0.5, 0.6) is 0 Å². The van der Waals surface area contributed by atoms with Crippen molar-refractivity contribution < 1.29 is 4.74 Å². The SMILES string of the molecule is CCC1(CNCC2CCC3(CCCC3)O2)CCC1. The van der Waals surface area contributed by atoms with E-state index in [4.69, 9.17) is 4.74 Å². The van der Waals surface area contributed by atoms with Crippen LogP contribution >= 0.6 is 0 Å². The van der Waals surface area contributed by atoms with Gasteiger partial charge in [-0.15, -0.1) is 0 Å². The molecule has 1 aliphatic heterocycles. The van der Waals surface area contributed by atoms with E-state index >= 15 is 0 Å². The summed E-state index contributed by atoms with van der Waals surface area (Å²) < 4.78 is 6.35. The second kappa shape index (κ2) is 5.13. The molecular formula is C16H29NO. The average Bonchev–Trinajstić information content (AvgIpc) is 2.94. The van der Waals surface area contributed by atoms with Gasteiger partial charge in [-0.3, -0.25) is 0 Å². The summed E-state index contributed by atoms with van der Waals surface area (Å²) in [5.74, 6) is 0. The summed E-state index contributed by atoms with van der Waals surface area (Å²) in [6.45, 7) is 4.65. The zero-order valence-corrected chi connectivity index (χ0v) is 12.0. The molecule has 1 heterocycles. The average molecular weight is 251 g/mol. The van der Waals surface area contributed by atoms with Crippen LogP contribution < -0.4 is 5.32 Å². The van der Waals surface area contributed by atoms with Crippen molar-refractivity contribution >= 4 is 0 Å². The molecule has 2 nitrogen and oxygen atoms in total. The fraction of sp³-hybridized carbons (Fsp3) is 1.00. The normalized spacial score (nSPS) is 32.8. The third-order valence-corrected chi connectivity index (χ3v) is 5.89. The van der Waals surface area contributed by atoms with Crippen molar-refractivity contribution in [1.29, 1.82) is 0 Å². The quantitative estimate of drug-likeness (QED) is 0.805. The van der Waals surface area contributed by atoms with E-state index in [0.29, 0.717) is 17.1 Å². The zero-order chi connectivity index (χ0) is 12.5. The van der Waals surface area contributed by atoms with Crippen LogP contribution in [0.1, 0.15) is 71.1 Å². The maximum absolute atomic E-state index is 6.35. The predicted octanol–water partition coefficient (Wildman–Crippen LogP) is 3.65. The first-order valence-electron chi connectivity index (χ1n) is 8.15. The van der Waals surface area contributed by atoms with Crippen LogP contribution in [0.4, 0.5) is 0 Å². The Balaban J connectivity index is 1.39. The van der Waals surface area contributed by atoms with E-state index in [0.717, 1.165) is 6.54 Å². The molecular weight excluding hydrogens is 222 g/mol. The Bertz CT molecular complexity index is 273. The lowest BCUT2D eigenvalue weighted by Gasteiger charge is -2.41. The standard InChI is InChI=1S/C16H29NO/c1-2-15(7-5-8-15)13-17-12-14-6-11-16(18-14)9-3-4-10-16/h14,17H,2-13H2,1H3. The molecule has 1 unspecified atom stereocenters. The lowest BCUT2D eigenvalue weighted by molar-refractivity contribution is -0.0365. The smallest absolute Gasteiger partial charge is 0.0708 e. The van der Waals surface area contributed by atoms with Crippen molar-refractivity contribution in [3.8, 4) is 0 Å². The molecule has 0 aromatic carbocycles. The van der Waals surface area contributed by atoms with Gasteiger partial charge >= 0.3 is 0 Å². The molecule has 2 aliphatic carbocycles. The number of rotatable bonds is 5. The van der Waals surface area contributed by atoms with E-state index in [1.165, 1.54) is 70.8 Å². The first kappa shape index (κ1) is 12.9. The molecule has 0 bridgehead atoms. The maximum Gasteiger partial charge on any atom is 0.0708 e. The lowest BCUT2D eigenvalue weighted by Crippen LogP contribution is -2.42. The molecule has 1 spiro atoms. The van der Waals surface area contributed by atoms with Crippen LogP contribution in [0, 0.1) is 5.41 Å². The van der Waals surface area contributed by atoms with Crippen LogP contribution in [0.15, 0.2) is 0 Å². The summed E-state index contributed by atoms with van der Waals surface area (Å²) in [5, 5.41) is 3.70. The van der Waals surface area contributed by atoms with Crippen LogP contribution in [-0.2, 0) is 4.74 Å². The van der Waals surface area contributed by atoms with E-state index in [-0.39, 0.29) is 0 Å². The highest BCUT2D eigenvalue weighted by molar-refractivity contribution is 4.94. The van der Waals surface area contributed by atoms with Gasteiger partial charge in [-0.05, 0) is 50.4 Å². The fourth-order valence-electron chi connectivity index (χ4n) is 4.26. The summed E-state index contributed by atoms with van der Waals surface area (Å²) >= 11 is 0. The van der Waals surface area contributed by atoms with Crippen molar-refractivity contribution in [2.24, 2.45) is 5.41 Å². The van der Waals surface area contributed by atoms with Gasteiger partial charge in [0, 0.05) is 13.1 Å². The van der Waals surface area contributed by atoms with E-state index < -0.39 is 0 Å². The molecule has 0 radical (unpaired) electrons. The van der Waals surface area contributed by atoms with Crippen molar-refractivity contribution in [2.75, 3.05) is 13.1 Å². The van der Waals surface area contributed by atoms with Gasteiger partial charge in [0.15, 0.2) is 0 Å². The van der Waals surface area contributed by atoms with Crippen LogP contribution in [0.3, 0.4) is 0 Å². The van der Waals surface area contributed by atoms with Crippen molar-refractivity contribution in [3.05, 3.63) is 0 Å². The minimum absolute atomic E-state index is 0.311. The first-order chi connectivity index (χ1) is 8.76. The Morgan fingerprint density at radius 2 is 1.83 bits per heavy atom. The topological polar surface area (TPSA) is 21.3 Å². The minimum Gasteiger partial charge on any atom is -0.370 e. The van der Waals surface area contributed by atoms with E-state index in [1.807, 2.05) is 0 Å². The minimum atomic E-state index is 0.311. The molecule has 2 saturated carbocycles. The second-order valence-corrected chi connectivity index (χ2v) is 7.01. The summed E-state index contributed by atoms with van der Waals surface area (Å²) in [4.78, 5) is 0. The van der Waals surface area contributed by atoms with Gasteiger partial charge in [0.05, 0.1) is 11.7 Å². The Kier molecular flexibility index (Phi) is 3.68. The zero-order valence-electron chi connectivity index (χ0n) is 12.0. The fourth-order valence-corrected chi connectivity index (χ4v) is 4.26. The summed E-state index contributed by atoms with van der Waals surface area (Å²) in [6, 6.07) is 0. The van der Waals surface area contributed by atoms with E-state index in [2.05, 4.69) is 12.2 Å². The van der Waals surface area contributed by atoms with Gasteiger partial charge in [-0.2, -0.15) is 0 Å². The van der Waals surface area contributed by atoms with E-state index in [1.54, 1.807) is 0 Å². The van der Waals surface area contributed by atoms with Crippen molar-refractivity contribution in [1.82, 2.24) is 5.32 Å². The van der Waals surface area contributed by atoms with Gasteiger partial charge in [-0.1, -0.05) is 26.2 Å². The molecule has 2 heteroatoms. The maximum atomic E-state index is 6.35. The van der Waals surface area contributed by atoms with Crippen LogP contribution in [-0.4, -0.2) is 24.8 Å². The van der Waals surface area contributed by atoms with E-state index in [9.17, 15) is 0 Å². The molecule has 0 amide bonds. The Morgan fingerprint density at radius 1 is 1.06 bits per heavy atom. The van der Waals surface area contributed by atoms with Crippen molar-refractivity contribution in [2.45, 2.75) is 82.8 Å². The third kappa shape index (κ3) is 2.46. The molecule has 3 fully saturated rings. The third-order valence-electron chi connectivity index (χ3n) is 5.89. The highest BCUT2D eigenvalue weighted by atomic mass is 16.5. The highest BCUT2D eigenvalue weighted by Crippen LogP contribution is 2.44. The summed E-state index contributed by atoms with van der Waals surface area (Å²) in [7, 11) is 0. The number of hydrogen-bond acceptors (Lipinski definition) is 2. The van der Waals surface area contributed by atoms with Gasteiger partial charge in [-0.25, -0.2) is 0 Å². The molecule has 0 aromatic heterocycles. The molecule has 1 saturated heterocycles. The molecule has 18 heavy (non-hydrogen) atoms. The van der Waals surface area contributed by atoms with Gasteiger partial charge in [0.25, 0.3) is 0 Å². The van der Waals surface area contributed by atoms with Crippen LogP contribution in [0.2, 0.25) is 0 Å². The molecule has 1 atom stereocenters. The monoisotopic (exact) mass is 251 g/mol. The predicted molar refractivity (Wildman–Crippen MR) is 74.8 cm³/mol. The molecule has 0 aromatic rings. The number of ether oxygens (including phenoxy) is 1. The second-order valence-electron chi connectivity index (χ2n) is 7.01. The summed E-state index contributed by atoms with van der Waals surface area (Å²) in [5.41, 5.74) is 0.953. The van der Waals surface area contributed by atoms with Gasteiger partial charge < -0.3 is 10.1 Å². The van der Waals surface area contributed by atoms with Crippen LogP contribution in [0.25, 0.3) is 0 Å². The molecule has 3 rings (SSSR count). The number of hydrogen-bond donors (Lipinski definition) is 1. The van der Waals surface area contributed by atoms with Gasteiger partial charge in [0.1, 0.15) is 0 Å². The van der Waals surface area contributed by atoms with Gasteiger partial charge in [0.2, 0.25) is 0 Å². The molecule has 3 aliphatic rings. The molecule has 104 valence electrons. The number of nitrogens with one attached hydrogen (secondary N) is 1. The Morgan fingerprint density at radius 3 is 2.44 bits per heavy atom. The highest BCUT2D eigenvalue weighted by Gasteiger charge is 2.42. The Labute approximate surface area is 112 Å². The Hall–Kier alpha value is -0.0800. The first-order valence-corrected chi connectivity index (χ1v) is 8.15. The molecule has 1 N–H and O–H groups in total.